The zero-order valence-electron chi connectivity index (χ0n) is 22.9. The number of anilines is 1. The fourth-order valence-electron chi connectivity index (χ4n) is 4.80. The summed E-state index contributed by atoms with van der Waals surface area (Å²) in [5.41, 5.74) is -2.22. The summed E-state index contributed by atoms with van der Waals surface area (Å²) in [6, 6.07) is 8.68. The lowest BCUT2D eigenvalue weighted by Crippen LogP contribution is -2.59. The van der Waals surface area contributed by atoms with E-state index in [9.17, 15) is 36.6 Å². The lowest BCUT2D eigenvalue weighted by atomic mass is 9.82. The number of hydrazine groups is 1. The van der Waals surface area contributed by atoms with E-state index in [4.69, 9.17) is 11.6 Å². The molecule has 0 saturated heterocycles. The molecule has 1 atom stereocenters. The molecule has 0 aliphatic carbocycles. The van der Waals surface area contributed by atoms with Crippen LogP contribution in [-0.2, 0) is 22.3 Å². The second-order valence-corrected chi connectivity index (χ2v) is 11.2. The van der Waals surface area contributed by atoms with Crippen LogP contribution in [0, 0.1) is 17.0 Å². The highest BCUT2D eigenvalue weighted by Gasteiger charge is 2.46. The highest BCUT2D eigenvalue weighted by atomic mass is 35.5. The van der Waals surface area contributed by atoms with Gasteiger partial charge in [0.25, 0.3) is 11.8 Å². The number of carbonyl (C=O) groups is 2. The fourth-order valence-corrected chi connectivity index (χ4v) is 4.98. The van der Waals surface area contributed by atoms with Crippen LogP contribution in [0.5, 0.6) is 0 Å². The second kappa shape index (κ2) is 11.3. The van der Waals surface area contributed by atoms with Gasteiger partial charge in [-0.05, 0) is 35.7 Å². The molecular weight excluding hydrogens is 583 g/mol. The van der Waals surface area contributed by atoms with Crippen molar-refractivity contribution in [2.45, 2.75) is 39.5 Å². The van der Waals surface area contributed by atoms with Gasteiger partial charge in [0.1, 0.15) is 17.0 Å². The van der Waals surface area contributed by atoms with Crippen molar-refractivity contribution < 1.29 is 36.6 Å². The lowest BCUT2D eigenvalue weighted by Gasteiger charge is -2.46. The number of rotatable bonds is 5. The van der Waals surface area contributed by atoms with Gasteiger partial charge in [-0.3, -0.25) is 19.6 Å². The fraction of sp³-hybridized carbons (Fsp3) is 0.276. The minimum atomic E-state index is -4.66. The third kappa shape index (κ3) is 6.09. The molecule has 222 valence electrons. The van der Waals surface area contributed by atoms with Gasteiger partial charge in [0.2, 0.25) is 0 Å². The van der Waals surface area contributed by atoms with Crippen molar-refractivity contribution >= 4 is 29.1 Å². The van der Waals surface area contributed by atoms with Gasteiger partial charge < -0.3 is 10.4 Å². The number of amides is 2. The first-order chi connectivity index (χ1) is 19.5. The number of carbonyl (C=O) groups excluding carboxylic acids is 2. The summed E-state index contributed by atoms with van der Waals surface area (Å²) in [5, 5.41) is 16.4. The topological polar surface area (TPSA) is 85.8 Å². The van der Waals surface area contributed by atoms with E-state index in [-0.39, 0.29) is 27.4 Å². The number of nitrogens with zero attached hydrogens (tertiary/aromatic N) is 3. The Balaban J connectivity index is 1.74. The molecule has 1 aromatic heterocycles. The Kier molecular flexibility index (Phi) is 8.34. The molecule has 0 fully saturated rings. The van der Waals surface area contributed by atoms with Gasteiger partial charge in [0, 0.05) is 40.6 Å². The van der Waals surface area contributed by atoms with Crippen LogP contribution in [0.3, 0.4) is 0 Å². The van der Waals surface area contributed by atoms with Crippen molar-refractivity contribution in [3.63, 3.8) is 0 Å². The zero-order valence-corrected chi connectivity index (χ0v) is 23.6. The Labute approximate surface area is 243 Å². The van der Waals surface area contributed by atoms with Gasteiger partial charge >= 0.3 is 6.18 Å². The molecule has 0 saturated carbocycles. The first kappa shape index (κ1) is 30.9. The summed E-state index contributed by atoms with van der Waals surface area (Å²) in [6.07, 6.45) is -3.70. The van der Waals surface area contributed by atoms with Crippen LogP contribution in [0.15, 0.2) is 66.1 Å². The summed E-state index contributed by atoms with van der Waals surface area (Å²) in [5.74, 6) is -4.84. The van der Waals surface area contributed by atoms with E-state index in [0.717, 1.165) is 29.4 Å². The molecule has 4 rings (SSSR count). The standard InChI is InChI=1S/C29H26ClF5N4O3/c1-28(2,3)25-24(40)22(27(42)39(38(25)4)14-16-6-5-7-19(31)23(16)32)26(41)37-20-10-9-17(30)12-18(20)15-8-11-21(36-13-15)29(33,34)35/h5-13,25,40H,14H2,1-4H3,(H,37,41)/t25-/m1/s1. The third-order valence-corrected chi connectivity index (χ3v) is 6.95. The number of benzene rings is 2. The molecule has 2 amide bonds. The van der Waals surface area contributed by atoms with Gasteiger partial charge in [-0.2, -0.15) is 13.2 Å². The highest BCUT2D eigenvalue weighted by molar-refractivity contribution is 6.31. The summed E-state index contributed by atoms with van der Waals surface area (Å²) in [6.45, 7) is 4.82. The van der Waals surface area contributed by atoms with Crippen LogP contribution in [0.25, 0.3) is 11.1 Å². The third-order valence-electron chi connectivity index (χ3n) is 6.71. The first-order valence-corrected chi connectivity index (χ1v) is 12.9. The maximum atomic E-state index is 14.5. The van der Waals surface area contributed by atoms with Crippen molar-refractivity contribution in [2.75, 3.05) is 12.4 Å². The molecule has 0 unspecified atom stereocenters. The number of aliphatic hydroxyl groups excluding tert-OH is 1. The van der Waals surface area contributed by atoms with E-state index < -0.39 is 64.7 Å². The Bertz CT molecular complexity index is 1570. The van der Waals surface area contributed by atoms with Crippen LogP contribution < -0.4 is 5.32 Å². The van der Waals surface area contributed by atoms with E-state index >= 15 is 0 Å². The summed E-state index contributed by atoms with van der Waals surface area (Å²) < 4.78 is 67.5. The van der Waals surface area contributed by atoms with Crippen LogP contribution in [0.2, 0.25) is 5.02 Å². The van der Waals surface area contributed by atoms with Gasteiger partial charge in [0.15, 0.2) is 11.6 Å². The number of nitrogens with one attached hydrogen (secondary N) is 1. The summed E-state index contributed by atoms with van der Waals surface area (Å²) >= 11 is 6.12. The molecule has 0 bridgehead atoms. The summed E-state index contributed by atoms with van der Waals surface area (Å²) in [7, 11) is 1.48. The molecule has 2 N–H and O–H groups in total. The van der Waals surface area contributed by atoms with Crippen molar-refractivity contribution in [1.82, 2.24) is 15.0 Å². The first-order valence-electron chi connectivity index (χ1n) is 12.6. The normalized spacial score (nSPS) is 16.7. The number of hydrogen-bond acceptors (Lipinski definition) is 5. The number of likely N-dealkylation sites (N-methyl/N-ethyl adjacent to an activating group) is 1. The van der Waals surface area contributed by atoms with E-state index in [0.29, 0.717) is 0 Å². The molecule has 3 aromatic rings. The SMILES string of the molecule is CN1[C@@H](C(C)(C)C)C(O)=C(C(=O)Nc2ccc(Cl)cc2-c2ccc(C(F)(F)F)nc2)C(=O)N1Cc1cccc(F)c1F. The van der Waals surface area contributed by atoms with E-state index in [1.54, 1.807) is 20.8 Å². The van der Waals surface area contributed by atoms with Crippen molar-refractivity contribution in [3.8, 4) is 11.1 Å². The van der Waals surface area contributed by atoms with Gasteiger partial charge in [-0.1, -0.05) is 50.6 Å². The average Bonchev–Trinajstić information content (AvgIpc) is 2.88. The Morgan fingerprint density at radius 2 is 1.79 bits per heavy atom. The Hall–Kier alpha value is -4.03. The van der Waals surface area contributed by atoms with Crippen LogP contribution in [0.1, 0.15) is 32.0 Å². The molecule has 0 spiro atoms. The molecule has 7 nitrogen and oxygen atoms in total. The lowest BCUT2D eigenvalue weighted by molar-refractivity contribution is -0.158. The number of aliphatic hydroxyl groups is 1. The number of alkyl halides is 3. The van der Waals surface area contributed by atoms with E-state index in [1.807, 2.05) is 0 Å². The predicted octanol–water partition coefficient (Wildman–Crippen LogP) is 6.75. The maximum Gasteiger partial charge on any atom is 0.433 e. The number of halogens is 6. The van der Waals surface area contributed by atoms with Crippen LogP contribution >= 0.6 is 11.6 Å². The van der Waals surface area contributed by atoms with Gasteiger partial charge in [-0.25, -0.2) is 13.8 Å². The number of hydrogen-bond donors (Lipinski definition) is 2. The quantitative estimate of drug-likeness (QED) is 0.247. The largest absolute Gasteiger partial charge is 0.509 e. The monoisotopic (exact) mass is 608 g/mol. The van der Waals surface area contributed by atoms with E-state index in [1.165, 1.54) is 42.4 Å². The molecule has 13 heteroatoms. The molecule has 0 radical (unpaired) electrons. The molecule has 1 aliphatic rings. The Morgan fingerprint density at radius 1 is 1.10 bits per heavy atom. The number of aromatic nitrogens is 1. The molecule has 2 aromatic carbocycles. The highest BCUT2D eigenvalue weighted by Crippen LogP contribution is 2.37. The molecular formula is C29H26ClF5N4O3. The van der Waals surface area contributed by atoms with Gasteiger partial charge in [0.05, 0.1) is 12.6 Å². The van der Waals surface area contributed by atoms with Crippen molar-refractivity contribution in [3.05, 3.63) is 94.0 Å². The maximum absolute atomic E-state index is 14.5. The predicted molar refractivity (Wildman–Crippen MR) is 146 cm³/mol. The molecule has 42 heavy (non-hydrogen) atoms. The number of pyridine rings is 1. The minimum absolute atomic E-state index is 0.0630. The minimum Gasteiger partial charge on any atom is -0.509 e. The second-order valence-electron chi connectivity index (χ2n) is 10.8. The summed E-state index contributed by atoms with van der Waals surface area (Å²) in [4.78, 5) is 30.7. The molecule has 1 aliphatic heterocycles. The van der Waals surface area contributed by atoms with Crippen molar-refractivity contribution in [2.24, 2.45) is 5.41 Å². The van der Waals surface area contributed by atoms with Crippen LogP contribution in [0.4, 0.5) is 27.6 Å². The van der Waals surface area contributed by atoms with Crippen molar-refractivity contribution in [1.29, 1.82) is 0 Å². The average molecular weight is 609 g/mol. The Morgan fingerprint density at radius 3 is 2.38 bits per heavy atom. The van der Waals surface area contributed by atoms with E-state index in [2.05, 4.69) is 10.3 Å². The molecule has 2 heterocycles. The zero-order chi connectivity index (χ0) is 31.1. The van der Waals surface area contributed by atoms with Crippen LogP contribution in [-0.4, -0.2) is 45.0 Å². The van der Waals surface area contributed by atoms with Gasteiger partial charge in [-0.15, -0.1) is 0 Å². The smallest absolute Gasteiger partial charge is 0.433 e.